The molecule has 0 aromatic heterocycles. The van der Waals surface area contributed by atoms with Crippen LogP contribution in [-0.2, 0) is 33.6 Å². The lowest BCUT2D eigenvalue weighted by atomic mass is 10.0. The molecule has 0 aliphatic carbocycles. The number of rotatable bonds is 27. The van der Waals surface area contributed by atoms with E-state index in [1.165, 1.54) is 13.8 Å². The van der Waals surface area contributed by atoms with Crippen molar-refractivity contribution in [3.63, 3.8) is 0 Å². The molecule has 53 heavy (non-hydrogen) atoms. The number of amides is 7. The molecular weight excluding hydrogens is 684 g/mol. The summed E-state index contributed by atoms with van der Waals surface area (Å²) in [6.45, 7) is 15.0. The molecule has 14 N–H and O–H groups in total. The fourth-order valence-corrected chi connectivity index (χ4v) is 5.46. The van der Waals surface area contributed by atoms with Gasteiger partial charge >= 0.3 is 0 Å². The van der Waals surface area contributed by atoms with Gasteiger partial charge in [-0.3, -0.25) is 33.6 Å². The molecule has 0 rings (SSSR count). The Balaban J connectivity index is 5.83. The first-order chi connectivity index (χ1) is 24.7. The maximum atomic E-state index is 13.6. The van der Waals surface area contributed by atoms with Crippen LogP contribution >= 0.6 is 0 Å². The average molecular weight is 755 g/mol. The van der Waals surface area contributed by atoms with Gasteiger partial charge in [0, 0.05) is 0 Å². The number of primary amides is 1. The zero-order chi connectivity index (χ0) is 40.8. The van der Waals surface area contributed by atoms with E-state index in [1.807, 2.05) is 41.5 Å². The van der Waals surface area contributed by atoms with Gasteiger partial charge in [-0.05, 0) is 102 Å². The molecule has 7 unspecified atom stereocenters. The summed E-state index contributed by atoms with van der Waals surface area (Å²) in [4.78, 5) is 91.2. The second kappa shape index (κ2) is 26.0. The third-order valence-electron chi connectivity index (χ3n) is 8.43. The van der Waals surface area contributed by atoms with Gasteiger partial charge in [-0.2, -0.15) is 0 Å². The van der Waals surface area contributed by atoms with Crippen LogP contribution in [0.3, 0.4) is 0 Å². The van der Waals surface area contributed by atoms with Crippen molar-refractivity contribution in [3.05, 3.63) is 0 Å². The third kappa shape index (κ3) is 20.9. The molecule has 17 nitrogen and oxygen atoms in total. The van der Waals surface area contributed by atoms with Crippen LogP contribution in [0, 0.1) is 17.8 Å². The van der Waals surface area contributed by atoms with E-state index < -0.39 is 83.6 Å². The van der Waals surface area contributed by atoms with Gasteiger partial charge in [-0.15, -0.1) is 0 Å². The van der Waals surface area contributed by atoms with Crippen LogP contribution in [0.2, 0.25) is 0 Å². The van der Waals surface area contributed by atoms with Crippen molar-refractivity contribution in [1.82, 2.24) is 31.9 Å². The lowest BCUT2D eigenvalue weighted by Gasteiger charge is -2.27. The highest BCUT2D eigenvalue weighted by Crippen LogP contribution is 2.10. The Morgan fingerprint density at radius 3 is 1.15 bits per heavy atom. The summed E-state index contributed by atoms with van der Waals surface area (Å²) in [5.41, 5.74) is 22.7. The highest BCUT2D eigenvalue weighted by atomic mass is 16.2. The van der Waals surface area contributed by atoms with Crippen molar-refractivity contribution >= 4 is 41.4 Å². The Hall–Kier alpha value is -3.83. The lowest BCUT2D eigenvalue weighted by Crippen LogP contribution is -2.59. The summed E-state index contributed by atoms with van der Waals surface area (Å²) in [6.07, 6.45) is 3.71. The number of nitrogens with one attached hydrogen (secondary N) is 6. The average Bonchev–Trinajstić information content (AvgIpc) is 3.05. The zero-order valence-electron chi connectivity index (χ0n) is 33.2. The first-order valence-electron chi connectivity index (χ1n) is 19.0. The Morgan fingerprint density at radius 1 is 0.434 bits per heavy atom. The normalized spacial score (nSPS) is 15.4. The molecule has 0 aromatic rings. The summed E-state index contributed by atoms with van der Waals surface area (Å²) >= 11 is 0. The molecule has 0 saturated carbocycles. The standard InChI is InChI=1S/C36H70N10O7/c1-20(2)17-25(39)33(50)43-26(13-9-11-15-37)34(51)42-24(8)32(49)46-29(19-22(5)6)36(53)44-27(14-10-12-16-38)35(52)41-23(7)31(48)45-28(30(40)47)18-21(3)4/h20-29H,9-19,37-39H2,1-8H3,(H2,40,47)(H,41,52)(H,42,51)(H,43,50)(H,44,53)(H,45,48)(H,46,49). The predicted molar refractivity (Wildman–Crippen MR) is 204 cm³/mol. The van der Waals surface area contributed by atoms with Crippen LogP contribution < -0.4 is 54.8 Å². The molecule has 0 aromatic carbocycles. The molecule has 0 aliphatic heterocycles. The van der Waals surface area contributed by atoms with Crippen LogP contribution in [-0.4, -0.2) is 96.7 Å². The number of hydrogen-bond donors (Lipinski definition) is 10. The van der Waals surface area contributed by atoms with E-state index in [9.17, 15) is 33.6 Å². The maximum Gasteiger partial charge on any atom is 0.243 e. The molecule has 7 atom stereocenters. The minimum atomic E-state index is -1.09. The maximum absolute atomic E-state index is 13.6. The van der Waals surface area contributed by atoms with Gasteiger partial charge in [0.2, 0.25) is 41.4 Å². The van der Waals surface area contributed by atoms with Crippen molar-refractivity contribution in [1.29, 1.82) is 0 Å². The van der Waals surface area contributed by atoms with Crippen molar-refractivity contribution in [2.45, 2.75) is 155 Å². The second-order valence-corrected chi connectivity index (χ2v) is 15.2. The highest BCUT2D eigenvalue weighted by Gasteiger charge is 2.32. The smallest absolute Gasteiger partial charge is 0.243 e. The van der Waals surface area contributed by atoms with Crippen LogP contribution in [0.15, 0.2) is 0 Å². The van der Waals surface area contributed by atoms with E-state index in [0.29, 0.717) is 51.6 Å². The van der Waals surface area contributed by atoms with E-state index in [-0.39, 0.29) is 37.0 Å². The summed E-state index contributed by atoms with van der Waals surface area (Å²) in [5.74, 6) is -4.09. The Kier molecular flexibility index (Phi) is 24.1. The van der Waals surface area contributed by atoms with Gasteiger partial charge in [0.25, 0.3) is 0 Å². The van der Waals surface area contributed by atoms with E-state index >= 15 is 0 Å². The van der Waals surface area contributed by atoms with Crippen LogP contribution in [0.1, 0.15) is 113 Å². The van der Waals surface area contributed by atoms with Crippen molar-refractivity contribution in [2.24, 2.45) is 40.7 Å². The Bertz CT molecular complexity index is 1180. The van der Waals surface area contributed by atoms with Crippen molar-refractivity contribution < 1.29 is 33.6 Å². The van der Waals surface area contributed by atoms with Gasteiger partial charge in [0.1, 0.15) is 36.3 Å². The zero-order valence-corrected chi connectivity index (χ0v) is 33.2. The van der Waals surface area contributed by atoms with E-state index in [2.05, 4.69) is 31.9 Å². The summed E-state index contributed by atoms with van der Waals surface area (Å²) < 4.78 is 0. The highest BCUT2D eigenvalue weighted by molar-refractivity contribution is 5.97. The molecule has 0 fully saturated rings. The van der Waals surface area contributed by atoms with Crippen LogP contribution in [0.4, 0.5) is 0 Å². The minimum Gasteiger partial charge on any atom is -0.368 e. The quantitative estimate of drug-likeness (QED) is 0.0463. The number of carbonyl (C=O) groups is 7. The molecule has 306 valence electrons. The summed E-state index contributed by atoms with van der Waals surface area (Å²) in [5, 5.41) is 15.9. The molecule has 0 bridgehead atoms. The predicted octanol–water partition coefficient (Wildman–Crippen LogP) is -0.856. The van der Waals surface area contributed by atoms with Gasteiger partial charge in [0.15, 0.2) is 0 Å². The molecule has 0 saturated heterocycles. The molecule has 0 spiro atoms. The topological polar surface area (TPSA) is 296 Å². The molecular formula is C36H70N10O7. The minimum absolute atomic E-state index is 0.0505. The molecule has 17 heteroatoms. The summed E-state index contributed by atoms with van der Waals surface area (Å²) in [7, 11) is 0. The SMILES string of the molecule is CC(C)CC(N)C(=O)NC(CCCCN)C(=O)NC(C)C(=O)NC(CC(C)C)C(=O)NC(CCCCN)C(=O)NC(C)C(=O)NC(CC(C)C)C(N)=O. The molecule has 7 amide bonds. The molecule has 0 heterocycles. The molecule has 0 aliphatic rings. The molecule has 0 radical (unpaired) electrons. The van der Waals surface area contributed by atoms with Gasteiger partial charge in [-0.25, -0.2) is 0 Å². The monoisotopic (exact) mass is 755 g/mol. The third-order valence-corrected chi connectivity index (χ3v) is 8.43. The largest absolute Gasteiger partial charge is 0.368 e. The van der Waals surface area contributed by atoms with Crippen molar-refractivity contribution in [2.75, 3.05) is 13.1 Å². The summed E-state index contributed by atoms with van der Waals surface area (Å²) in [6, 6.07) is -6.97. The fourth-order valence-electron chi connectivity index (χ4n) is 5.46. The first kappa shape index (κ1) is 49.2. The van der Waals surface area contributed by atoms with Gasteiger partial charge < -0.3 is 54.8 Å². The van der Waals surface area contributed by atoms with Gasteiger partial charge in [-0.1, -0.05) is 41.5 Å². The van der Waals surface area contributed by atoms with Gasteiger partial charge in [0.05, 0.1) is 6.04 Å². The first-order valence-corrected chi connectivity index (χ1v) is 19.0. The number of nitrogens with two attached hydrogens (primary N) is 4. The Labute approximate surface area is 315 Å². The van der Waals surface area contributed by atoms with Crippen LogP contribution in [0.25, 0.3) is 0 Å². The lowest BCUT2D eigenvalue weighted by molar-refractivity contribution is -0.135. The fraction of sp³-hybridized carbons (Fsp3) is 0.806. The number of unbranched alkanes of at least 4 members (excludes halogenated alkanes) is 2. The van der Waals surface area contributed by atoms with E-state index in [4.69, 9.17) is 22.9 Å². The number of hydrogen-bond acceptors (Lipinski definition) is 10. The second-order valence-electron chi connectivity index (χ2n) is 15.2. The number of carbonyl (C=O) groups excluding carboxylic acids is 7. The van der Waals surface area contributed by atoms with Crippen LogP contribution in [0.5, 0.6) is 0 Å². The van der Waals surface area contributed by atoms with Crippen molar-refractivity contribution in [3.8, 4) is 0 Å². The van der Waals surface area contributed by atoms with E-state index in [0.717, 1.165) is 0 Å². The van der Waals surface area contributed by atoms with E-state index in [1.54, 1.807) is 0 Å². The Morgan fingerprint density at radius 2 is 0.774 bits per heavy atom.